The third-order valence-corrected chi connectivity index (χ3v) is 3.61. The third-order valence-electron chi connectivity index (χ3n) is 3.11. The molecule has 2 aromatic rings. The van der Waals surface area contributed by atoms with Crippen LogP contribution in [0.25, 0.3) is 0 Å². The van der Waals surface area contributed by atoms with E-state index in [9.17, 15) is 4.79 Å². The molecule has 0 saturated carbocycles. The fraction of sp³-hybridized carbons (Fsp3) is 0.133. The quantitative estimate of drug-likeness (QED) is 0.747. The first-order valence-corrected chi connectivity index (χ1v) is 6.58. The average molecular weight is 303 g/mol. The molecule has 0 amide bonds. The summed E-state index contributed by atoms with van der Waals surface area (Å²) >= 11 is 3.44. The Kier molecular flexibility index (Phi) is 2.92. The standard InChI is InChI=1S/C15H11BrO2/c16-12-6-3-5-11(8-12)14-9-10-4-1-2-7-13(10)15(17)18-14/h1-8,14H,9H2. The van der Waals surface area contributed by atoms with Gasteiger partial charge in [0.15, 0.2) is 0 Å². The molecular weight excluding hydrogens is 292 g/mol. The number of hydrogen-bond acceptors (Lipinski definition) is 2. The number of halogens is 1. The zero-order chi connectivity index (χ0) is 12.5. The molecule has 0 bridgehead atoms. The monoisotopic (exact) mass is 302 g/mol. The lowest BCUT2D eigenvalue weighted by molar-refractivity contribution is 0.0253. The highest BCUT2D eigenvalue weighted by Gasteiger charge is 2.26. The van der Waals surface area contributed by atoms with Crippen molar-refractivity contribution in [3.8, 4) is 0 Å². The Balaban J connectivity index is 1.97. The van der Waals surface area contributed by atoms with Crippen molar-refractivity contribution in [3.05, 3.63) is 69.7 Å². The molecule has 0 spiro atoms. The van der Waals surface area contributed by atoms with Crippen molar-refractivity contribution >= 4 is 21.9 Å². The van der Waals surface area contributed by atoms with Crippen molar-refractivity contribution in [2.75, 3.05) is 0 Å². The number of benzene rings is 2. The summed E-state index contributed by atoms with van der Waals surface area (Å²) in [5, 5.41) is 0. The summed E-state index contributed by atoms with van der Waals surface area (Å²) in [6.07, 6.45) is 0.545. The Morgan fingerprint density at radius 1 is 1.11 bits per heavy atom. The molecule has 2 nitrogen and oxygen atoms in total. The molecule has 1 heterocycles. The maximum absolute atomic E-state index is 11.9. The van der Waals surface area contributed by atoms with Gasteiger partial charge in [-0.2, -0.15) is 0 Å². The Hall–Kier alpha value is -1.61. The van der Waals surface area contributed by atoms with Gasteiger partial charge in [-0.1, -0.05) is 46.3 Å². The Morgan fingerprint density at radius 2 is 1.94 bits per heavy atom. The molecule has 0 radical (unpaired) electrons. The van der Waals surface area contributed by atoms with Crippen LogP contribution in [-0.4, -0.2) is 5.97 Å². The van der Waals surface area contributed by atoms with Crippen LogP contribution in [0, 0.1) is 0 Å². The Labute approximate surface area is 114 Å². The highest BCUT2D eigenvalue weighted by Crippen LogP contribution is 2.31. The second-order valence-corrected chi connectivity index (χ2v) is 5.23. The topological polar surface area (TPSA) is 26.3 Å². The van der Waals surface area contributed by atoms with E-state index in [0.717, 1.165) is 22.0 Å². The third kappa shape index (κ3) is 2.06. The molecule has 90 valence electrons. The van der Waals surface area contributed by atoms with Crippen LogP contribution in [0.4, 0.5) is 0 Å². The first kappa shape index (κ1) is 11.5. The van der Waals surface area contributed by atoms with E-state index in [1.807, 2.05) is 48.5 Å². The maximum Gasteiger partial charge on any atom is 0.339 e. The van der Waals surface area contributed by atoms with Gasteiger partial charge >= 0.3 is 5.97 Å². The zero-order valence-electron chi connectivity index (χ0n) is 9.60. The highest BCUT2D eigenvalue weighted by atomic mass is 79.9. The van der Waals surface area contributed by atoms with Crippen molar-refractivity contribution in [3.63, 3.8) is 0 Å². The Morgan fingerprint density at radius 3 is 2.78 bits per heavy atom. The summed E-state index contributed by atoms with van der Waals surface area (Å²) in [5.74, 6) is -0.234. The second kappa shape index (κ2) is 4.58. The molecule has 1 unspecified atom stereocenters. The first-order valence-electron chi connectivity index (χ1n) is 5.78. The number of carbonyl (C=O) groups is 1. The summed E-state index contributed by atoms with van der Waals surface area (Å²) in [6, 6.07) is 15.5. The Bertz CT molecular complexity index is 607. The van der Waals surface area contributed by atoms with Crippen molar-refractivity contribution < 1.29 is 9.53 Å². The molecule has 3 rings (SSSR count). The smallest absolute Gasteiger partial charge is 0.339 e. The van der Waals surface area contributed by atoms with E-state index >= 15 is 0 Å². The van der Waals surface area contributed by atoms with Gasteiger partial charge in [0.1, 0.15) is 6.10 Å². The number of fused-ring (bicyclic) bond motifs is 1. The van der Waals surface area contributed by atoms with Crippen LogP contribution in [0.15, 0.2) is 53.0 Å². The van der Waals surface area contributed by atoms with Gasteiger partial charge in [0.2, 0.25) is 0 Å². The number of ether oxygens (including phenoxy) is 1. The van der Waals surface area contributed by atoms with Crippen LogP contribution >= 0.6 is 15.9 Å². The van der Waals surface area contributed by atoms with Gasteiger partial charge in [0.05, 0.1) is 5.56 Å². The molecule has 18 heavy (non-hydrogen) atoms. The molecular formula is C15H11BrO2. The molecule has 0 N–H and O–H groups in total. The highest BCUT2D eigenvalue weighted by molar-refractivity contribution is 9.10. The fourth-order valence-electron chi connectivity index (χ4n) is 2.22. The summed E-state index contributed by atoms with van der Waals surface area (Å²) in [7, 11) is 0. The predicted molar refractivity (Wildman–Crippen MR) is 72.4 cm³/mol. The number of esters is 1. The van der Waals surface area contributed by atoms with E-state index in [0.29, 0.717) is 5.56 Å². The molecule has 0 aromatic heterocycles. The number of rotatable bonds is 1. The van der Waals surface area contributed by atoms with Crippen molar-refractivity contribution in [2.24, 2.45) is 0 Å². The fourth-order valence-corrected chi connectivity index (χ4v) is 2.64. The van der Waals surface area contributed by atoms with E-state index < -0.39 is 0 Å². The largest absolute Gasteiger partial charge is 0.454 e. The summed E-state index contributed by atoms with van der Waals surface area (Å²) in [4.78, 5) is 11.9. The van der Waals surface area contributed by atoms with E-state index in [-0.39, 0.29) is 12.1 Å². The van der Waals surface area contributed by atoms with Gasteiger partial charge in [-0.05, 0) is 29.3 Å². The molecule has 2 aromatic carbocycles. The van der Waals surface area contributed by atoms with E-state index in [1.165, 1.54) is 0 Å². The molecule has 3 heteroatoms. The molecule has 1 aliphatic heterocycles. The van der Waals surface area contributed by atoms with Gasteiger partial charge in [-0.3, -0.25) is 0 Å². The summed E-state index contributed by atoms with van der Waals surface area (Å²) in [5.41, 5.74) is 2.76. The van der Waals surface area contributed by atoms with Crippen LogP contribution < -0.4 is 0 Å². The molecule has 0 aliphatic carbocycles. The summed E-state index contributed by atoms with van der Waals surface area (Å²) in [6.45, 7) is 0. The lowest BCUT2D eigenvalue weighted by Gasteiger charge is -2.25. The minimum atomic E-state index is -0.234. The number of carbonyl (C=O) groups excluding carboxylic acids is 1. The lowest BCUT2D eigenvalue weighted by Crippen LogP contribution is -2.21. The SMILES string of the molecule is O=C1OC(c2cccc(Br)c2)Cc2ccccc21. The summed E-state index contributed by atoms with van der Waals surface area (Å²) < 4.78 is 6.49. The van der Waals surface area contributed by atoms with Gasteiger partial charge in [-0.25, -0.2) is 4.79 Å². The normalized spacial score (nSPS) is 18.1. The van der Waals surface area contributed by atoms with Crippen LogP contribution in [0.3, 0.4) is 0 Å². The van der Waals surface area contributed by atoms with Gasteiger partial charge in [0, 0.05) is 10.9 Å². The minimum absolute atomic E-state index is 0.190. The van der Waals surface area contributed by atoms with Gasteiger partial charge in [0.25, 0.3) is 0 Å². The van der Waals surface area contributed by atoms with E-state index in [2.05, 4.69) is 15.9 Å². The molecule has 1 aliphatic rings. The number of cyclic esters (lactones) is 1. The van der Waals surface area contributed by atoms with Crippen LogP contribution in [0.2, 0.25) is 0 Å². The minimum Gasteiger partial charge on any atom is -0.454 e. The predicted octanol–water partition coefficient (Wildman–Crippen LogP) is 3.90. The average Bonchev–Trinajstić information content (AvgIpc) is 2.39. The van der Waals surface area contributed by atoms with E-state index in [1.54, 1.807) is 0 Å². The van der Waals surface area contributed by atoms with Crippen molar-refractivity contribution in [1.82, 2.24) is 0 Å². The molecule has 0 saturated heterocycles. The second-order valence-electron chi connectivity index (χ2n) is 4.31. The number of hydrogen-bond donors (Lipinski definition) is 0. The lowest BCUT2D eigenvalue weighted by atomic mass is 9.95. The van der Waals surface area contributed by atoms with E-state index in [4.69, 9.17) is 4.74 Å². The van der Waals surface area contributed by atoms with Gasteiger partial charge in [-0.15, -0.1) is 0 Å². The zero-order valence-corrected chi connectivity index (χ0v) is 11.2. The molecule has 0 fully saturated rings. The maximum atomic E-state index is 11.9. The first-order chi connectivity index (χ1) is 8.74. The van der Waals surface area contributed by atoms with Crippen LogP contribution in [-0.2, 0) is 11.2 Å². The van der Waals surface area contributed by atoms with Gasteiger partial charge < -0.3 is 4.74 Å². The molecule has 1 atom stereocenters. The van der Waals surface area contributed by atoms with Crippen molar-refractivity contribution in [2.45, 2.75) is 12.5 Å². The van der Waals surface area contributed by atoms with Crippen LogP contribution in [0.5, 0.6) is 0 Å². The van der Waals surface area contributed by atoms with Crippen LogP contribution in [0.1, 0.15) is 27.6 Å². The van der Waals surface area contributed by atoms with Crippen molar-refractivity contribution in [1.29, 1.82) is 0 Å².